The van der Waals surface area contributed by atoms with Crippen LogP contribution < -0.4 is 5.32 Å². The van der Waals surface area contributed by atoms with Gasteiger partial charge in [-0.05, 0) is 25.0 Å². The molecule has 0 fully saturated rings. The van der Waals surface area contributed by atoms with Crippen LogP contribution in [0, 0.1) is 17.0 Å². The maximum atomic E-state index is 11.7. The molecule has 0 aliphatic heterocycles. The van der Waals surface area contributed by atoms with Gasteiger partial charge < -0.3 is 5.32 Å². The van der Waals surface area contributed by atoms with Gasteiger partial charge in [0.1, 0.15) is 0 Å². The summed E-state index contributed by atoms with van der Waals surface area (Å²) in [6.45, 7) is 2.27. The second-order valence-electron chi connectivity index (χ2n) is 3.55. The lowest BCUT2D eigenvalue weighted by molar-refractivity contribution is -0.384. The molecule has 0 aromatic heterocycles. The number of benzene rings is 1. The molecule has 92 valence electrons. The summed E-state index contributed by atoms with van der Waals surface area (Å²) in [6.07, 6.45) is 0.845. The normalized spacial score (nSPS) is 10.0. The number of carbonyl (C=O) groups excluding carboxylic acids is 1. The van der Waals surface area contributed by atoms with Crippen molar-refractivity contribution in [2.45, 2.75) is 13.3 Å². The number of amides is 1. The van der Waals surface area contributed by atoms with E-state index < -0.39 is 4.92 Å². The summed E-state index contributed by atoms with van der Waals surface area (Å²) in [4.78, 5) is 21.8. The average molecular weight is 301 g/mol. The van der Waals surface area contributed by atoms with Gasteiger partial charge in [-0.2, -0.15) is 0 Å². The van der Waals surface area contributed by atoms with Crippen molar-refractivity contribution in [2.24, 2.45) is 0 Å². The first-order chi connectivity index (χ1) is 8.06. The Kier molecular flexibility index (Phi) is 5.09. The Labute approximate surface area is 107 Å². The number of nitro groups is 1. The quantitative estimate of drug-likeness (QED) is 0.393. The van der Waals surface area contributed by atoms with Crippen LogP contribution in [0.15, 0.2) is 18.2 Å². The zero-order valence-corrected chi connectivity index (χ0v) is 11.0. The third-order valence-corrected chi connectivity index (χ3v) is 2.82. The number of carbonyl (C=O) groups is 1. The largest absolute Gasteiger partial charge is 0.352 e. The van der Waals surface area contributed by atoms with Crippen molar-refractivity contribution >= 4 is 27.5 Å². The van der Waals surface area contributed by atoms with Crippen molar-refractivity contribution in [3.05, 3.63) is 39.4 Å². The van der Waals surface area contributed by atoms with E-state index in [1.807, 2.05) is 0 Å². The van der Waals surface area contributed by atoms with E-state index in [9.17, 15) is 14.9 Å². The van der Waals surface area contributed by atoms with Crippen molar-refractivity contribution in [2.75, 3.05) is 11.9 Å². The molecular formula is C11H13BrN2O3. The van der Waals surface area contributed by atoms with Crippen molar-refractivity contribution in [1.82, 2.24) is 5.32 Å². The highest BCUT2D eigenvalue weighted by atomic mass is 79.9. The van der Waals surface area contributed by atoms with Gasteiger partial charge in [0, 0.05) is 29.6 Å². The van der Waals surface area contributed by atoms with Gasteiger partial charge in [0.2, 0.25) is 0 Å². The number of aryl methyl sites for hydroxylation is 1. The summed E-state index contributed by atoms with van der Waals surface area (Å²) in [6, 6.07) is 4.22. The van der Waals surface area contributed by atoms with Crippen molar-refractivity contribution in [3.8, 4) is 0 Å². The maximum Gasteiger partial charge on any atom is 0.269 e. The summed E-state index contributed by atoms with van der Waals surface area (Å²) in [5.74, 6) is -0.196. The maximum absolute atomic E-state index is 11.7. The summed E-state index contributed by atoms with van der Waals surface area (Å²) >= 11 is 3.27. The van der Waals surface area contributed by atoms with Crippen LogP contribution in [0.3, 0.4) is 0 Å². The molecule has 0 spiro atoms. The number of halogens is 1. The van der Waals surface area contributed by atoms with Gasteiger partial charge in [0.05, 0.1) is 4.92 Å². The molecule has 0 aliphatic rings. The Morgan fingerprint density at radius 1 is 1.53 bits per heavy atom. The van der Waals surface area contributed by atoms with Crippen LogP contribution >= 0.6 is 15.9 Å². The summed E-state index contributed by atoms with van der Waals surface area (Å²) in [5, 5.41) is 14.1. The molecule has 1 N–H and O–H groups in total. The average Bonchev–Trinajstić information content (AvgIpc) is 2.28. The molecule has 0 aliphatic carbocycles. The van der Waals surface area contributed by atoms with Crippen LogP contribution in [0.1, 0.15) is 22.3 Å². The Morgan fingerprint density at radius 3 is 2.76 bits per heavy atom. The number of hydrogen-bond donors (Lipinski definition) is 1. The van der Waals surface area contributed by atoms with E-state index in [0.717, 1.165) is 11.8 Å². The van der Waals surface area contributed by atoms with E-state index >= 15 is 0 Å². The topological polar surface area (TPSA) is 72.2 Å². The molecular weight excluding hydrogens is 288 g/mol. The molecule has 17 heavy (non-hydrogen) atoms. The Bertz CT molecular complexity index is 435. The molecule has 0 heterocycles. The molecule has 0 unspecified atom stereocenters. The highest BCUT2D eigenvalue weighted by Gasteiger charge is 2.12. The van der Waals surface area contributed by atoms with Crippen LogP contribution in [0.5, 0.6) is 0 Å². The highest BCUT2D eigenvalue weighted by molar-refractivity contribution is 9.09. The molecule has 6 heteroatoms. The third-order valence-electron chi connectivity index (χ3n) is 2.26. The van der Waals surface area contributed by atoms with E-state index in [4.69, 9.17) is 0 Å². The van der Waals surface area contributed by atoms with Crippen LogP contribution in [-0.2, 0) is 0 Å². The second-order valence-corrected chi connectivity index (χ2v) is 4.35. The van der Waals surface area contributed by atoms with Crippen LogP contribution in [0.25, 0.3) is 0 Å². The summed E-state index contributed by atoms with van der Waals surface area (Å²) in [5.41, 5.74) is 1.08. The van der Waals surface area contributed by atoms with Crippen LogP contribution in [-0.4, -0.2) is 22.7 Å². The van der Waals surface area contributed by atoms with Gasteiger partial charge in [-0.15, -0.1) is 0 Å². The van der Waals surface area contributed by atoms with E-state index in [1.54, 1.807) is 6.92 Å². The molecule has 1 rings (SSSR count). The predicted octanol–water partition coefficient (Wildman–Crippen LogP) is 2.42. The first kappa shape index (κ1) is 13.6. The standard InChI is InChI=1S/C11H13BrN2O3/c1-8-7-9(14(16)17)3-4-10(8)11(15)13-6-2-5-12/h3-4,7H,2,5-6H2,1H3,(H,13,15). The summed E-state index contributed by atoms with van der Waals surface area (Å²) < 4.78 is 0. The molecule has 1 aromatic carbocycles. The molecule has 5 nitrogen and oxygen atoms in total. The first-order valence-corrected chi connectivity index (χ1v) is 6.27. The highest BCUT2D eigenvalue weighted by Crippen LogP contribution is 2.16. The van der Waals surface area contributed by atoms with Gasteiger partial charge in [0.15, 0.2) is 0 Å². The van der Waals surface area contributed by atoms with Crippen molar-refractivity contribution < 1.29 is 9.72 Å². The Morgan fingerprint density at radius 2 is 2.24 bits per heavy atom. The molecule has 1 aromatic rings. The molecule has 0 radical (unpaired) electrons. The van der Waals surface area contributed by atoms with Crippen molar-refractivity contribution in [1.29, 1.82) is 0 Å². The Balaban J connectivity index is 2.78. The van der Waals surface area contributed by atoms with E-state index in [0.29, 0.717) is 17.7 Å². The fraction of sp³-hybridized carbons (Fsp3) is 0.364. The fourth-order valence-corrected chi connectivity index (χ4v) is 1.66. The van der Waals surface area contributed by atoms with E-state index in [1.165, 1.54) is 18.2 Å². The minimum Gasteiger partial charge on any atom is -0.352 e. The lowest BCUT2D eigenvalue weighted by Gasteiger charge is -2.06. The lowest BCUT2D eigenvalue weighted by Crippen LogP contribution is -2.25. The number of rotatable bonds is 5. The second kappa shape index (κ2) is 6.34. The zero-order chi connectivity index (χ0) is 12.8. The van der Waals surface area contributed by atoms with Crippen molar-refractivity contribution in [3.63, 3.8) is 0 Å². The van der Waals surface area contributed by atoms with E-state index in [-0.39, 0.29) is 11.6 Å². The third kappa shape index (κ3) is 3.81. The summed E-state index contributed by atoms with van der Waals surface area (Å²) in [7, 11) is 0. The number of nitro benzene ring substituents is 1. The number of nitrogens with one attached hydrogen (secondary N) is 1. The van der Waals surface area contributed by atoms with Crippen LogP contribution in [0.2, 0.25) is 0 Å². The Hall–Kier alpha value is -1.43. The van der Waals surface area contributed by atoms with Gasteiger partial charge >= 0.3 is 0 Å². The number of nitrogens with zero attached hydrogens (tertiary/aromatic N) is 1. The molecule has 0 atom stereocenters. The fourth-order valence-electron chi connectivity index (χ4n) is 1.38. The molecule has 0 bridgehead atoms. The first-order valence-electron chi connectivity index (χ1n) is 5.15. The van der Waals surface area contributed by atoms with Gasteiger partial charge in [-0.3, -0.25) is 14.9 Å². The number of hydrogen-bond acceptors (Lipinski definition) is 3. The minimum absolute atomic E-state index is 0.000455. The lowest BCUT2D eigenvalue weighted by atomic mass is 10.1. The van der Waals surface area contributed by atoms with Crippen LogP contribution in [0.4, 0.5) is 5.69 Å². The molecule has 0 saturated carbocycles. The molecule has 0 saturated heterocycles. The van der Waals surface area contributed by atoms with Gasteiger partial charge in [-0.1, -0.05) is 15.9 Å². The zero-order valence-electron chi connectivity index (χ0n) is 9.40. The molecule has 1 amide bonds. The predicted molar refractivity (Wildman–Crippen MR) is 68.6 cm³/mol. The van der Waals surface area contributed by atoms with E-state index in [2.05, 4.69) is 21.2 Å². The SMILES string of the molecule is Cc1cc([N+](=O)[O-])ccc1C(=O)NCCCBr. The van der Waals surface area contributed by atoms with Gasteiger partial charge in [-0.25, -0.2) is 0 Å². The smallest absolute Gasteiger partial charge is 0.269 e. The van der Waals surface area contributed by atoms with Gasteiger partial charge in [0.25, 0.3) is 11.6 Å². The monoisotopic (exact) mass is 300 g/mol. The number of non-ortho nitro benzene ring substituents is 1. The number of alkyl halides is 1. The minimum atomic E-state index is -0.473.